The summed E-state index contributed by atoms with van der Waals surface area (Å²) in [7, 11) is 1.63. The molecule has 2 aromatic rings. The molecule has 27 heavy (non-hydrogen) atoms. The van der Waals surface area contributed by atoms with Gasteiger partial charge in [-0.3, -0.25) is 0 Å². The van der Waals surface area contributed by atoms with Crippen LogP contribution >= 0.6 is 0 Å². The Morgan fingerprint density at radius 3 is 2.44 bits per heavy atom. The maximum absolute atomic E-state index is 14.7. The molecule has 1 heterocycles. The van der Waals surface area contributed by atoms with Gasteiger partial charge in [0, 0.05) is 29.7 Å². The second kappa shape index (κ2) is 8.89. The van der Waals surface area contributed by atoms with E-state index >= 15 is 0 Å². The highest BCUT2D eigenvalue weighted by Crippen LogP contribution is 2.36. The summed E-state index contributed by atoms with van der Waals surface area (Å²) in [5.41, 5.74) is 1.04. The molecule has 0 bridgehead atoms. The van der Waals surface area contributed by atoms with Gasteiger partial charge in [0.15, 0.2) is 11.6 Å². The van der Waals surface area contributed by atoms with E-state index in [4.69, 9.17) is 9.47 Å². The summed E-state index contributed by atoms with van der Waals surface area (Å²) in [6.45, 7) is 3.05. The molecule has 1 fully saturated rings. The van der Waals surface area contributed by atoms with Gasteiger partial charge in [-0.25, -0.2) is 13.2 Å². The predicted octanol–water partition coefficient (Wildman–Crippen LogP) is 5.84. The van der Waals surface area contributed by atoms with Crippen molar-refractivity contribution in [3.8, 4) is 11.1 Å². The number of halogens is 3. The summed E-state index contributed by atoms with van der Waals surface area (Å²) in [6.07, 6.45) is 2.58. The molecule has 0 aliphatic carbocycles. The largest absolute Gasteiger partial charge is 0.384 e. The van der Waals surface area contributed by atoms with Gasteiger partial charge in [-0.15, -0.1) is 0 Å². The van der Waals surface area contributed by atoms with Crippen LogP contribution in [-0.2, 0) is 15.9 Å². The number of ether oxygens (including phenoxy) is 2. The van der Waals surface area contributed by atoms with Crippen LogP contribution in [0.4, 0.5) is 13.2 Å². The third-order valence-electron chi connectivity index (χ3n) is 5.09. The maximum Gasteiger partial charge on any atom is 0.167 e. The van der Waals surface area contributed by atoms with Gasteiger partial charge < -0.3 is 9.47 Å². The summed E-state index contributed by atoms with van der Waals surface area (Å²) < 4.78 is 54.7. The second-order valence-corrected chi connectivity index (χ2v) is 7.12. The normalized spacial score (nSPS) is 20.0. The molecule has 3 rings (SSSR count). The Morgan fingerprint density at radius 1 is 1.04 bits per heavy atom. The quantitative estimate of drug-likeness (QED) is 0.629. The van der Waals surface area contributed by atoms with Crippen LogP contribution in [0, 0.1) is 23.4 Å². The van der Waals surface area contributed by atoms with E-state index in [9.17, 15) is 13.2 Å². The molecule has 2 nitrogen and oxygen atoms in total. The van der Waals surface area contributed by atoms with Gasteiger partial charge in [0.2, 0.25) is 0 Å². The third-order valence-corrected chi connectivity index (χ3v) is 5.09. The van der Waals surface area contributed by atoms with Crippen LogP contribution in [-0.4, -0.2) is 20.3 Å². The van der Waals surface area contributed by atoms with E-state index < -0.39 is 23.6 Å². The maximum atomic E-state index is 14.7. The van der Waals surface area contributed by atoms with Gasteiger partial charge in [0.25, 0.3) is 0 Å². The van der Waals surface area contributed by atoms with Crippen LogP contribution in [0.15, 0.2) is 30.3 Å². The zero-order valence-electron chi connectivity index (χ0n) is 15.7. The summed E-state index contributed by atoms with van der Waals surface area (Å²) in [6, 6.07) is 7.62. The zero-order valence-corrected chi connectivity index (χ0v) is 15.7. The number of hydrogen-bond donors (Lipinski definition) is 0. The molecule has 5 heteroatoms. The molecule has 1 aliphatic rings. The molecule has 2 atom stereocenters. The first-order valence-electron chi connectivity index (χ1n) is 9.42. The van der Waals surface area contributed by atoms with E-state index in [1.807, 2.05) is 6.92 Å². The Kier molecular flexibility index (Phi) is 6.55. The van der Waals surface area contributed by atoms with E-state index in [1.165, 1.54) is 24.3 Å². The van der Waals surface area contributed by atoms with Crippen LogP contribution in [0.1, 0.15) is 43.4 Å². The first-order valence-corrected chi connectivity index (χ1v) is 9.42. The summed E-state index contributed by atoms with van der Waals surface area (Å²) >= 11 is 0. The number of aryl methyl sites for hydroxylation is 1. The highest BCUT2D eigenvalue weighted by atomic mass is 19.2. The third kappa shape index (κ3) is 4.36. The van der Waals surface area contributed by atoms with Crippen molar-refractivity contribution in [2.75, 3.05) is 20.3 Å². The van der Waals surface area contributed by atoms with Crippen molar-refractivity contribution in [3.05, 3.63) is 58.9 Å². The lowest BCUT2D eigenvalue weighted by Gasteiger charge is -2.29. The minimum Gasteiger partial charge on any atom is -0.384 e. The molecule has 146 valence electrons. The minimum atomic E-state index is -1.03. The van der Waals surface area contributed by atoms with Crippen molar-refractivity contribution in [3.63, 3.8) is 0 Å². The Morgan fingerprint density at radius 2 is 1.81 bits per heavy atom. The Hall–Kier alpha value is -1.85. The van der Waals surface area contributed by atoms with Gasteiger partial charge >= 0.3 is 0 Å². The second-order valence-electron chi connectivity index (χ2n) is 7.12. The SMILES string of the molecule is CCCc1ccc(-c2ccc(C3CCC(COC)CO3)c(F)c2F)c(F)c1. The van der Waals surface area contributed by atoms with Gasteiger partial charge in [0.05, 0.1) is 19.3 Å². The van der Waals surface area contributed by atoms with Crippen LogP contribution < -0.4 is 0 Å². The molecule has 2 unspecified atom stereocenters. The monoisotopic (exact) mass is 378 g/mol. The van der Waals surface area contributed by atoms with Crippen molar-refractivity contribution >= 4 is 0 Å². The number of hydrogen-bond acceptors (Lipinski definition) is 2. The minimum absolute atomic E-state index is 0.0649. The summed E-state index contributed by atoms with van der Waals surface area (Å²) in [4.78, 5) is 0. The van der Waals surface area contributed by atoms with Gasteiger partial charge in [0.1, 0.15) is 5.82 Å². The molecular formula is C22H25F3O2. The first-order chi connectivity index (χ1) is 13.0. The number of benzene rings is 2. The zero-order chi connectivity index (χ0) is 19.4. The number of methoxy groups -OCH3 is 1. The average molecular weight is 378 g/mol. The fraction of sp³-hybridized carbons (Fsp3) is 0.455. The highest BCUT2D eigenvalue weighted by Gasteiger charge is 2.27. The van der Waals surface area contributed by atoms with Crippen molar-refractivity contribution in [1.29, 1.82) is 0 Å². The first kappa shape index (κ1) is 19.9. The molecule has 0 amide bonds. The van der Waals surface area contributed by atoms with Crippen molar-refractivity contribution in [1.82, 2.24) is 0 Å². The van der Waals surface area contributed by atoms with E-state index in [1.54, 1.807) is 13.2 Å². The lowest BCUT2D eigenvalue weighted by Crippen LogP contribution is -2.24. The topological polar surface area (TPSA) is 18.5 Å². The molecular weight excluding hydrogens is 353 g/mol. The van der Waals surface area contributed by atoms with E-state index in [0.29, 0.717) is 19.6 Å². The molecule has 0 radical (unpaired) electrons. The lowest BCUT2D eigenvalue weighted by atomic mass is 9.93. The van der Waals surface area contributed by atoms with E-state index in [2.05, 4.69) is 0 Å². The van der Waals surface area contributed by atoms with Gasteiger partial charge in [-0.2, -0.15) is 0 Å². The van der Waals surface area contributed by atoms with Crippen LogP contribution in [0.2, 0.25) is 0 Å². The number of rotatable bonds is 6. The Bertz CT molecular complexity index is 783. The van der Waals surface area contributed by atoms with Crippen LogP contribution in [0.25, 0.3) is 11.1 Å². The Labute approximate surface area is 158 Å². The van der Waals surface area contributed by atoms with Crippen LogP contribution in [0.5, 0.6) is 0 Å². The molecule has 0 spiro atoms. The van der Waals surface area contributed by atoms with Crippen molar-refractivity contribution in [2.24, 2.45) is 5.92 Å². The highest BCUT2D eigenvalue weighted by molar-refractivity contribution is 5.66. The smallest absolute Gasteiger partial charge is 0.167 e. The Balaban J connectivity index is 1.84. The van der Waals surface area contributed by atoms with Gasteiger partial charge in [-0.05, 0) is 30.9 Å². The molecule has 1 aliphatic heterocycles. The average Bonchev–Trinajstić information content (AvgIpc) is 2.66. The molecule has 2 aromatic carbocycles. The fourth-order valence-electron chi connectivity index (χ4n) is 3.66. The fourth-order valence-corrected chi connectivity index (χ4v) is 3.66. The molecule has 0 saturated carbocycles. The molecule has 1 saturated heterocycles. The van der Waals surface area contributed by atoms with Crippen LogP contribution in [0.3, 0.4) is 0 Å². The lowest BCUT2D eigenvalue weighted by molar-refractivity contribution is -0.0387. The molecule has 0 N–H and O–H groups in total. The van der Waals surface area contributed by atoms with Crippen molar-refractivity contribution < 1.29 is 22.6 Å². The summed E-state index contributed by atoms with van der Waals surface area (Å²) in [5.74, 6) is -2.26. The van der Waals surface area contributed by atoms with E-state index in [0.717, 1.165) is 24.8 Å². The van der Waals surface area contributed by atoms with Crippen molar-refractivity contribution in [2.45, 2.75) is 38.7 Å². The summed E-state index contributed by atoms with van der Waals surface area (Å²) in [5, 5.41) is 0. The predicted molar refractivity (Wildman–Crippen MR) is 99.0 cm³/mol. The standard InChI is InChI=1S/C22H25F3O2/c1-3-4-14-5-7-16(19(23)11-14)17-8-9-18(22(25)21(17)24)20-10-6-15(12-26-2)13-27-20/h5,7-9,11,15,20H,3-4,6,10,12-13H2,1-2H3. The molecule has 0 aromatic heterocycles. The van der Waals surface area contributed by atoms with E-state index in [-0.39, 0.29) is 22.6 Å². The van der Waals surface area contributed by atoms with Gasteiger partial charge in [-0.1, -0.05) is 37.6 Å².